The van der Waals surface area contributed by atoms with Crippen LogP contribution in [0.3, 0.4) is 0 Å². The van der Waals surface area contributed by atoms with Gasteiger partial charge in [-0.1, -0.05) is 0 Å². The summed E-state index contributed by atoms with van der Waals surface area (Å²) in [6.07, 6.45) is 3.93. The monoisotopic (exact) mass is 179 g/mol. The number of aryl methyl sites for hydroxylation is 1. The fourth-order valence-electron chi connectivity index (χ4n) is 1.64. The normalized spacial score (nSPS) is 16.5. The Kier molecular flexibility index (Phi) is 2.04. The maximum atomic E-state index is 11.8. The third-order valence-electron chi connectivity index (χ3n) is 2.44. The van der Waals surface area contributed by atoms with Gasteiger partial charge in [0.2, 0.25) is 0 Å². The van der Waals surface area contributed by atoms with Crippen LogP contribution in [0.4, 0.5) is 0 Å². The molecule has 2 heterocycles. The zero-order valence-corrected chi connectivity index (χ0v) is 7.71. The van der Waals surface area contributed by atoms with Gasteiger partial charge in [0.15, 0.2) is 0 Å². The van der Waals surface area contributed by atoms with Crippen molar-refractivity contribution < 1.29 is 4.79 Å². The minimum Gasteiger partial charge on any atom is -0.337 e. The van der Waals surface area contributed by atoms with Gasteiger partial charge in [0.25, 0.3) is 5.91 Å². The predicted octanol–water partition coefficient (Wildman–Crippen LogP) is 0.954. The van der Waals surface area contributed by atoms with Crippen LogP contribution in [0.5, 0.6) is 0 Å². The maximum absolute atomic E-state index is 11.8. The first-order valence-corrected chi connectivity index (χ1v) is 4.58. The molecule has 70 valence electrons. The quantitative estimate of drug-likeness (QED) is 0.697. The Bertz CT molecular complexity index is 312. The lowest BCUT2D eigenvalue weighted by Gasteiger charge is -2.13. The smallest absolute Gasteiger partial charge is 0.272 e. The number of hydrogen-bond acceptors (Lipinski definition) is 2. The van der Waals surface area contributed by atoms with Crippen molar-refractivity contribution >= 4 is 5.91 Å². The highest BCUT2D eigenvalue weighted by atomic mass is 16.2. The summed E-state index contributed by atoms with van der Waals surface area (Å²) in [4.78, 5) is 13.7. The molecule has 1 aliphatic heterocycles. The van der Waals surface area contributed by atoms with E-state index in [-0.39, 0.29) is 5.91 Å². The van der Waals surface area contributed by atoms with Gasteiger partial charge in [-0.3, -0.25) is 9.89 Å². The summed E-state index contributed by atoms with van der Waals surface area (Å²) in [6, 6.07) is 0. The Labute approximate surface area is 76.9 Å². The van der Waals surface area contributed by atoms with Gasteiger partial charge in [-0.15, -0.1) is 0 Å². The molecule has 4 heteroatoms. The van der Waals surface area contributed by atoms with Crippen LogP contribution in [-0.2, 0) is 0 Å². The van der Waals surface area contributed by atoms with Crippen LogP contribution in [0.25, 0.3) is 0 Å². The third kappa shape index (κ3) is 1.43. The van der Waals surface area contributed by atoms with E-state index in [1.165, 1.54) is 0 Å². The fraction of sp³-hybridized carbons (Fsp3) is 0.556. The minimum absolute atomic E-state index is 0.0903. The van der Waals surface area contributed by atoms with Gasteiger partial charge < -0.3 is 4.90 Å². The van der Waals surface area contributed by atoms with E-state index in [1.807, 2.05) is 11.8 Å². The first-order chi connectivity index (χ1) is 6.29. The van der Waals surface area contributed by atoms with Gasteiger partial charge in [0.1, 0.15) is 5.69 Å². The topological polar surface area (TPSA) is 49.0 Å². The molecule has 1 amide bonds. The Morgan fingerprint density at radius 1 is 1.54 bits per heavy atom. The number of rotatable bonds is 1. The lowest BCUT2D eigenvalue weighted by atomic mass is 10.2. The molecule has 1 aliphatic rings. The van der Waals surface area contributed by atoms with Gasteiger partial charge in [-0.2, -0.15) is 5.10 Å². The first-order valence-electron chi connectivity index (χ1n) is 4.58. The molecule has 1 saturated heterocycles. The van der Waals surface area contributed by atoms with Gasteiger partial charge in [0, 0.05) is 13.1 Å². The van der Waals surface area contributed by atoms with E-state index < -0.39 is 0 Å². The van der Waals surface area contributed by atoms with Crippen molar-refractivity contribution in [2.45, 2.75) is 19.8 Å². The summed E-state index contributed by atoms with van der Waals surface area (Å²) < 4.78 is 0. The van der Waals surface area contributed by atoms with Crippen LogP contribution in [0.15, 0.2) is 6.20 Å². The van der Waals surface area contributed by atoms with Gasteiger partial charge in [0.05, 0.1) is 6.20 Å². The van der Waals surface area contributed by atoms with Crippen molar-refractivity contribution in [2.75, 3.05) is 13.1 Å². The summed E-state index contributed by atoms with van der Waals surface area (Å²) in [6.45, 7) is 3.67. The van der Waals surface area contributed by atoms with E-state index in [2.05, 4.69) is 10.2 Å². The number of likely N-dealkylation sites (tertiary alicyclic amines) is 1. The van der Waals surface area contributed by atoms with Gasteiger partial charge >= 0.3 is 0 Å². The van der Waals surface area contributed by atoms with E-state index in [0.29, 0.717) is 5.69 Å². The van der Waals surface area contributed by atoms with E-state index in [1.54, 1.807) is 6.20 Å². The lowest BCUT2D eigenvalue weighted by molar-refractivity contribution is 0.0786. The highest BCUT2D eigenvalue weighted by Gasteiger charge is 2.21. The van der Waals surface area contributed by atoms with Crippen LogP contribution in [-0.4, -0.2) is 34.1 Å². The van der Waals surface area contributed by atoms with E-state index in [9.17, 15) is 4.79 Å². The predicted molar refractivity (Wildman–Crippen MR) is 48.5 cm³/mol. The molecule has 13 heavy (non-hydrogen) atoms. The van der Waals surface area contributed by atoms with E-state index in [0.717, 1.165) is 31.5 Å². The van der Waals surface area contributed by atoms with Crippen LogP contribution in [0, 0.1) is 6.92 Å². The first kappa shape index (κ1) is 8.29. The summed E-state index contributed by atoms with van der Waals surface area (Å²) in [5.74, 6) is 0.0903. The average Bonchev–Trinajstić information content (AvgIpc) is 2.72. The molecule has 0 bridgehead atoms. The van der Waals surface area contributed by atoms with Crippen molar-refractivity contribution in [1.29, 1.82) is 0 Å². The lowest BCUT2D eigenvalue weighted by Crippen LogP contribution is -2.28. The highest BCUT2D eigenvalue weighted by Crippen LogP contribution is 2.13. The second kappa shape index (κ2) is 3.20. The molecule has 0 aliphatic carbocycles. The summed E-state index contributed by atoms with van der Waals surface area (Å²) in [5, 5.41) is 6.58. The number of aromatic nitrogens is 2. The molecule has 0 aromatic carbocycles. The van der Waals surface area contributed by atoms with Gasteiger partial charge in [-0.05, 0) is 25.3 Å². The molecule has 0 spiro atoms. The molecule has 0 saturated carbocycles. The summed E-state index contributed by atoms with van der Waals surface area (Å²) >= 11 is 0. The molecule has 2 rings (SSSR count). The van der Waals surface area contributed by atoms with Crippen molar-refractivity contribution in [2.24, 2.45) is 0 Å². The summed E-state index contributed by atoms with van der Waals surface area (Å²) in [7, 11) is 0. The molecule has 1 aromatic heterocycles. The third-order valence-corrected chi connectivity index (χ3v) is 2.44. The van der Waals surface area contributed by atoms with Crippen molar-refractivity contribution in [3.8, 4) is 0 Å². The van der Waals surface area contributed by atoms with Gasteiger partial charge in [-0.25, -0.2) is 0 Å². The van der Waals surface area contributed by atoms with E-state index >= 15 is 0 Å². The molecule has 1 aromatic rings. The number of aromatic amines is 1. The van der Waals surface area contributed by atoms with Crippen molar-refractivity contribution in [1.82, 2.24) is 15.1 Å². The zero-order chi connectivity index (χ0) is 9.26. The number of H-pyrrole nitrogens is 1. The second-order valence-corrected chi connectivity index (χ2v) is 3.43. The Balaban J connectivity index is 2.17. The molecule has 0 atom stereocenters. The zero-order valence-electron chi connectivity index (χ0n) is 7.71. The highest BCUT2D eigenvalue weighted by molar-refractivity contribution is 5.93. The van der Waals surface area contributed by atoms with Crippen LogP contribution < -0.4 is 0 Å². The average molecular weight is 179 g/mol. The Hall–Kier alpha value is -1.32. The van der Waals surface area contributed by atoms with Crippen LogP contribution in [0.2, 0.25) is 0 Å². The molecular weight excluding hydrogens is 166 g/mol. The Morgan fingerprint density at radius 2 is 2.23 bits per heavy atom. The molecule has 4 nitrogen and oxygen atoms in total. The van der Waals surface area contributed by atoms with E-state index in [4.69, 9.17) is 0 Å². The number of carbonyl (C=O) groups excluding carboxylic acids is 1. The molecule has 0 unspecified atom stereocenters. The SMILES string of the molecule is Cc1cn[nH]c1C(=O)N1CCCC1. The fourth-order valence-corrected chi connectivity index (χ4v) is 1.64. The minimum atomic E-state index is 0.0903. The molecular formula is C9H13N3O. The molecule has 1 fully saturated rings. The number of amides is 1. The molecule has 1 N–H and O–H groups in total. The number of nitrogens with zero attached hydrogens (tertiary/aromatic N) is 2. The second-order valence-electron chi connectivity index (χ2n) is 3.43. The number of nitrogens with one attached hydrogen (secondary N) is 1. The largest absolute Gasteiger partial charge is 0.337 e. The number of hydrogen-bond donors (Lipinski definition) is 1. The van der Waals surface area contributed by atoms with Crippen molar-refractivity contribution in [3.05, 3.63) is 17.5 Å². The van der Waals surface area contributed by atoms with Crippen LogP contribution in [0.1, 0.15) is 28.9 Å². The van der Waals surface area contributed by atoms with Crippen molar-refractivity contribution in [3.63, 3.8) is 0 Å². The molecule has 0 radical (unpaired) electrons. The maximum Gasteiger partial charge on any atom is 0.272 e. The summed E-state index contributed by atoms with van der Waals surface area (Å²) in [5.41, 5.74) is 1.57. The van der Waals surface area contributed by atoms with Crippen LogP contribution >= 0.6 is 0 Å². The Morgan fingerprint density at radius 3 is 2.77 bits per heavy atom. The number of carbonyl (C=O) groups is 1. The standard InChI is InChI=1S/C9H13N3O/c1-7-6-10-11-8(7)9(13)12-4-2-3-5-12/h6H,2-5H2,1H3,(H,10,11).